The highest BCUT2D eigenvalue weighted by Crippen LogP contribution is 2.24. The number of anilines is 1. The highest BCUT2D eigenvalue weighted by Gasteiger charge is 2.24. The van der Waals surface area contributed by atoms with Crippen molar-refractivity contribution < 1.29 is 4.79 Å². The van der Waals surface area contributed by atoms with Gasteiger partial charge in [-0.25, -0.2) is 0 Å². The van der Waals surface area contributed by atoms with Gasteiger partial charge in [0.1, 0.15) is 5.82 Å². The normalized spacial score (nSPS) is 11.2. The molecular weight excluding hydrogens is 242 g/mol. The van der Waals surface area contributed by atoms with E-state index in [2.05, 4.69) is 34.7 Å². The number of hydrogen-bond acceptors (Lipinski definition) is 5. The maximum absolute atomic E-state index is 11.3. The van der Waals surface area contributed by atoms with Crippen molar-refractivity contribution in [2.45, 2.75) is 26.7 Å². The van der Waals surface area contributed by atoms with E-state index >= 15 is 0 Å². The third-order valence-corrected chi connectivity index (χ3v) is 3.70. The first kappa shape index (κ1) is 15.4. The van der Waals surface area contributed by atoms with Gasteiger partial charge in [-0.15, -0.1) is 10.2 Å². The van der Waals surface area contributed by atoms with Crippen molar-refractivity contribution in [1.82, 2.24) is 15.5 Å². The highest BCUT2D eigenvalue weighted by atomic mass is 16.1. The smallest absolute Gasteiger partial charge is 0.271 e. The van der Waals surface area contributed by atoms with E-state index in [1.165, 1.54) is 0 Å². The summed E-state index contributed by atoms with van der Waals surface area (Å²) < 4.78 is 0. The zero-order chi connectivity index (χ0) is 14.3. The largest absolute Gasteiger partial charge is 0.368 e. The van der Waals surface area contributed by atoms with E-state index in [1.807, 2.05) is 0 Å². The summed E-state index contributed by atoms with van der Waals surface area (Å²) in [6, 6.07) is 3.40. The van der Waals surface area contributed by atoms with E-state index < -0.39 is 0 Å². The molecule has 0 aliphatic rings. The van der Waals surface area contributed by atoms with Crippen LogP contribution < -0.4 is 16.4 Å². The Balaban J connectivity index is 2.66. The van der Waals surface area contributed by atoms with Gasteiger partial charge in [0.05, 0.1) is 0 Å². The Labute approximate surface area is 114 Å². The molecule has 0 bridgehead atoms. The van der Waals surface area contributed by atoms with Crippen LogP contribution in [0, 0.1) is 5.41 Å². The number of carbonyl (C=O) groups is 1. The summed E-state index contributed by atoms with van der Waals surface area (Å²) in [5, 5.41) is 13.6. The molecule has 6 nitrogen and oxygen atoms in total. The average molecular weight is 265 g/mol. The number of nitrogens with one attached hydrogen (secondary N) is 2. The van der Waals surface area contributed by atoms with Crippen LogP contribution in [0.1, 0.15) is 37.2 Å². The Hall–Kier alpha value is -1.69. The fraction of sp³-hybridized carbons (Fsp3) is 0.615. The van der Waals surface area contributed by atoms with Crippen molar-refractivity contribution in [2.75, 3.05) is 25.5 Å². The van der Waals surface area contributed by atoms with Crippen molar-refractivity contribution in [3.63, 3.8) is 0 Å². The number of nitrogens with two attached hydrogens (primary N) is 1. The van der Waals surface area contributed by atoms with Gasteiger partial charge in [-0.1, -0.05) is 13.8 Å². The zero-order valence-electron chi connectivity index (χ0n) is 11.9. The predicted molar refractivity (Wildman–Crippen MR) is 76.0 cm³/mol. The number of aromatic nitrogens is 2. The quantitative estimate of drug-likeness (QED) is 0.684. The van der Waals surface area contributed by atoms with Crippen molar-refractivity contribution in [3.05, 3.63) is 17.8 Å². The van der Waals surface area contributed by atoms with E-state index in [-0.39, 0.29) is 11.3 Å². The maximum Gasteiger partial charge on any atom is 0.271 e. The van der Waals surface area contributed by atoms with Gasteiger partial charge < -0.3 is 16.4 Å². The molecule has 106 valence electrons. The van der Waals surface area contributed by atoms with Crippen LogP contribution >= 0.6 is 0 Å². The molecule has 0 aliphatic heterocycles. The van der Waals surface area contributed by atoms with Crippen LogP contribution in [0.3, 0.4) is 0 Å². The average Bonchev–Trinajstić information content (AvgIpc) is 2.49. The zero-order valence-corrected chi connectivity index (χ0v) is 11.9. The van der Waals surface area contributed by atoms with E-state index in [1.54, 1.807) is 19.2 Å². The standard InChI is InChI=1S/C13H23N5O/c1-4-13(5-2,8-14)9-16-11-7-6-10(17-18-11)12(19)15-3/h6-7H,4-5,8-9,14H2,1-3H3,(H,15,19)(H,16,18). The first-order valence-electron chi connectivity index (χ1n) is 6.60. The van der Waals surface area contributed by atoms with Crippen LogP contribution in [0.5, 0.6) is 0 Å². The molecule has 0 atom stereocenters. The Morgan fingerprint density at radius 3 is 2.42 bits per heavy atom. The first-order valence-corrected chi connectivity index (χ1v) is 6.60. The Morgan fingerprint density at radius 2 is 2.00 bits per heavy atom. The molecule has 0 saturated carbocycles. The molecule has 0 aromatic carbocycles. The summed E-state index contributed by atoms with van der Waals surface area (Å²) in [5.41, 5.74) is 6.24. The summed E-state index contributed by atoms with van der Waals surface area (Å²) in [6.45, 7) is 5.66. The van der Waals surface area contributed by atoms with Crippen LogP contribution in [-0.2, 0) is 0 Å². The Bertz CT molecular complexity index is 392. The fourth-order valence-corrected chi connectivity index (χ4v) is 1.81. The molecule has 6 heteroatoms. The Morgan fingerprint density at radius 1 is 1.32 bits per heavy atom. The molecule has 0 aliphatic carbocycles. The van der Waals surface area contributed by atoms with Crippen LogP contribution in [0.25, 0.3) is 0 Å². The summed E-state index contributed by atoms with van der Waals surface area (Å²) in [6.07, 6.45) is 2.02. The van der Waals surface area contributed by atoms with Gasteiger partial charge >= 0.3 is 0 Å². The number of nitrogens with zero attached hydrogens (tertiary/aromatic N) is 2. The first-order chi connectivity index (χ1) is 9.10. The van der Waals surface area contributed by atoms with Gasteiger partial charge in [0.15, 0.2) is 5.69 Å². The molecule has 1 aromatic rings. The van der Waals surface area contributed by atoms with Gasteiger partial charge in [0, 0.05) is 13.6 Å². The van der Waals surface area contributed by atoms with Gasteiger partial charge in [-0.3, -0.25) is 4.79 Å². The van der Waals surface area contributed by atoms with E-state index in [0.717, 1.165) is 19.4 Å². The summed E-state index contributed by atoms with van der Waals surface area (Å²) in [4.78, 5) is 11.3. The third kappa shape index (κ3) is 3.89. The number of amides is 1. The minimum absolute atomic E-state index is 0.0845. The van der Waals surface area contributed by atoms with Crippen molar-refractivity contribution in [1.29, 1.82) is 0 Å². The molecule has 0 radical (unpaired) electrons. The topological polar surface area (TPSA) is 92.9 Å². The lowest BCUT2D eigenvalue weighted by Gasteiger charge is -2.30. The number of rotatable bonds is 7. The molecular formula is C13H23N5O. The maximum atomic E-state index is 11.3. The lowest BCUT2D eigenvalue weighted by atomic mass is 9.82. The lowest BCUT2D eigenvalue weighted by molar-refractivity contribution is 0.0957. The highest BCUT2D eigenvalue weighted by molar-refractivity contribution is 5.91. The van der Waals surface area contributed by atoms with Gasteiger partial charge in [0.2, 0.25) is 0 Å². The molecule has 1 aromatic heterocycles. The summed E-state index contributed by atoms with van der Waals surface area (Å²) >= 11 is 0. The van der Waals surface area contributed by atoms with E-state index in [9.17, 15) is 4.79 Å². The molecule has 4 N–H and O–H groups in total. The second kappa shape index (κ2) is 7.04. The molecule has 1 heterocycles. The molecule has 1 amide bonds. The van der Waals surface area contributed by atoms with Crippen LogP contribution in [-0.4, -0.2) is 36.2 Å². The van der Waals surface area contributed by atoms with Crippen molar-refractivity contribution in [3.8, 4) is 0 Å². The lowest BCUT2D eigenvalue weighted by Crippen LogP contribution is -2.36. The van der Waals surface area contributed by atoms with Crippen LogP contribution in [0.2, 0.25) is 0 Å². The minimum Gasteiger partial charge on any atom is -0.368 e. The molecule has 0 fully saturated rings. The second-order valence-corrected chi connectivity index (χ2v) is 4.65. The van der Waals surface area contributed by atoms with Crippen LogP contribution in [0.15, 0.2) is 12.1 Å². The van der Waals surface area contributed by atoms with Gasteiger partial charge in [-0.2, -0.15) is 0 Å². The number of hydrogen-bond donors (Lipinski definition) is 3. The van der Waals surface area contributed by atoms with Gasteiger partial charge in [0.25, 0.3) is 5.91 Å². The molecule has 0 spiro atoms. The molecule has 19 heavy (non-hydrogen) atoms. The van der Waals surface area contributed by atoms with Crippen molar-refractivity contribution >= 4 is 11.7 Å². The molecule has 1 rings (SSSR count). The van der Waals surface area contributed by atoms with Crippen LogP contribution in [0.4, 0.5) is 5.82 Å². The molecule has 0 saturated heterocycles. The second-order valence-electron chi connectivity index (χ2n) is 4.65. The predicted octanol–water partition coefficient (Wildman–Crippen LogP) is 1.01. The van der Waals surface area contributed by atoms with Crippen molar-refractivity contribution in [2.24, 2.45) is 11.1 Å². The van der Waals surface area contributed by atoms with E-state index in [4.69, 9.17) is 5.73 Å². The molecule has 0 unspecified atom stereocenters. The summed E-state index contributed by atoms with van der Waals surface area (Å²) in [7, 11) is 1.56. The monoisotopic (exact) mass is 265 g/mol. The number of carbonyl (C=O) groups excluding carboxylic acids is 1. The fourth-order valence-electron chi connectivity index (χ4n) is 1.81. The minimum atomic E-state index is -0.238. The Kier molecular flexibility index (Phi) is 5.69. The summed E-state index contributed by atoms with van der Waals surface area (Å²) in [5.74, 6) is 0.421. The van der Waals surface area contributed by atoms with Gasteiger partial charge in [-0.05, 0) is 36.9 Å². The van der Waals surface area contributed by atoms with E-state index in [0.29, 0.717) is 18.1 Å². The SMILES string of the molecule is CCC(CC)(CN)CNc1ccc(C(=O)NC)nn1. The third-order valence-electron chi connectivity index (χ3n) is 3.70.